The Bertz CT molecular complexity index is 1760. The summed E-state index contributed by atoms with van der Waals surface area (Å²) in [6.07, 6.45) is 4.61. The molecule has 1 fully saturated rings. The third kappa shape index (κ3) is 6.80. The number of methoxy groups -OCH3 is 1. The van der Waals surface area contributed by atoms with Crippen molar-refractivity contribution in [2.75, 3.05) is 26.8 Å². The molecule has 1 aliphatic heterocycles. The normalized spacial score (nSPS) is 19.3. The molecular formula is C36H35Cl2N3O5. The molecule has 1 saturated heterocycles. The molecule has 10 heteroatoms. The molecule has 2 unspecified atom stereocenters. The van der Waals surface area contributed by atoms with Crippen LogP contribution >= 0.6 is 23.2 Å². The third-order valence-electron chi connectivity index (χ3n) is 8.80. The maximum absolute atomic E-state index is 10.3. The molecule has 0 saturated carbocycles. The first-order valence-electron chi connectivity index (χ1n) is 15.3. The van der Waals surface area contributed by atoms with Crippen LogP contribution in [-0.2, 0) is 19.6 Å². The highest BCUT2D eigenvalue weighted by atomic mass is 35.5. The number of aliphatic hydroxyl groups excluding tert-OH is 2. The summed E-state index contributed by atoms with van der Waals surface area (Å²) in [5.74, 6) is 1.53. The largest absolute Gasteiger partial charge is 0.495 e. The molecule has 1 aromatic heterocycles. The van der Waals surface area contributed by atoms with Gasteiger partial charge in [-0.25, -0.2) is 0 Å². The molecular weight excluding hydrogens is 625 g/mol. The zero-order valence-electron chi connectivity index (χ0n) is 25.5. The van der Waals surface area contributed by atoms with E-state index in [-0.39, 0.29) is 25.2 Å². The molecule has 3 aromatic carbocycles. The Kier molecular flexibility index (Phi) is 9.98. The highest BCUT2D eigenvalue weighted by Gasteiger charge is 2.30. The zero-order valence-corrected chi connectivity index (χ0v) is 27.0. The van der Waals surface area contributed by atoms with Gasteiger partial charge in [0, 0.05) is 67.3 Å². The van der Waals surface area contributed by atoms with Gasteiger partial charge in [0.2, 0.25) is 0 Å². The fraction of sp³-hybridized carbons (Fsp3) is 0.333. The lowest BCUT2D eigenvalue weighted by Crippen LogP contribution is -2.44. The van der Waals surface area contributed by atoms with E-state index in [1.807, 2.05) is 36.4 Å². The number of benzene rings is 3. The van der Waals surface area contributed by atoms with Crippen LogP contribution in [0.1, 0.15) is 46.8 Å². The van der Waals surface area contributed by atoms with E-state index in [1.54, 1.807) is 19.4 Å². The van der Waals surface area contributed by atoms with Crippen LogP contribution in [0, 0.1) is 17.2 Å². The van der Waals surface area contributed by atoms with E-state index >= 15 is 0 Å². The van der Waals surface area contributed by atoms with Gasteiger partial charge in [-0.1, -0.05) is 53.5 Å². The zero-order chi connectivity index (χ0) is 32.2. The smallest absolute Gasteiger partial charge is 0.142 e. The molecule has 3 atom stereocenters. The van der Waals surface area contributed by atoms with Crippen molar-refractivity contribution in [3.63, 3.8) is 0 Å². The van der Waals surface area contributed by atoms with E-state index < -0.39 is 6.10 Å². The number of nitriles is 1. The SMILES string of the molecule is COc1cccc(-c2cccc3c2CC[C@@H]3Oc2cc(OCc3cncc(C#N)c3)c(CN3CCC(O)C(CO)C3)cc2Cl)c1Cl. The standard InChI is InChI=1S/C36H35Cl2N3O5/c1-44-33-7-3-6-29(36(33)38)26-4-2-5-28-27(26)8-9-32(28)46-35-14-34(45-21-23-12-22(15-39)16-40-17-23)24(13-30(35)37)18-41-11-10-31(43)25(19-41)20-42/h2-7,12-14,16-17,25,31-32,42-43H,8-11,18-21H2,1H3/t25?,31?,32-/m0/s1. The van der Waals surface area contributed by atoms with Gasteiger partial charge in [-0.2, -0.15) is 5.26 Å². The Morgan fingerprint density at radius 1 is 1.02 bits per heavy atom. The topological polar surface area (TPSA) is 108 Å². The number of likely N-dealkylation sites (tertiary alicyclic amines) is 1. The van der Waals surface area contributed by atoms with E-state index in [0.29, 0.717) is 58.9 Å². The molecule has 2 aliphatic rings. The van der Waals surface area contributed by atoms with Gasteiger partial charge in [-0.05, 0) is 54.2 Å². The summed E-state index contributed by atoms with van der Waals surface area (Å²) < 4.78 is 18.4. The Morgan fingerprint density at radius 3 is 2.65 bits per heavy atom. The third-order valence-corrected chi connectivity index (χ3v) is 9.48. The summed E-state index contributed by atoms with van der Waals surface area (Å²) >= 11 is 13.6. The molecule has 2 heterocycles. The number of hydrogen-bond acceptors (Lipinski definition) is 8. The molecule has 238 valence electrons. The van der Waals surface area contributed by atoms with Crippen molar-refractivity contribution in [2.45, 2.75) is 44.6 Å². The fourth-order valence-corrected chi connectivity index (χ4v) is 6.93. The summed E-state index contributed by atoms with van der Waals surface area (Å²) in [4.78, 5) is 6.34. The quantitative estimate of drug-likeness (QED) is 0.192. The van der Waals surface area contributed by atoms with Crippen molar-refractivity contribution in [3.8, 4) is 34.4 Å². The van der Waals surface area contributed by atoms with E-state index in [0.717, 1.165) is 40.7 Å². The van der Waals surface area contributed by atoms with Crippen LogP contribution in [0.15, 0.2) is 67.0 Å². The van der Waals surface area contributed by atoms with Gasteiger partial charge in [-0.3, -0.25) is 9.88 Å². The van der Waals surface area contributed by atoms with Crippen LogP contribution in [0.2, 0.25) is 10.0 Å². The maximum atomic E-state index is 10.3. The van der Waals surface area contributed by atoms with Gasteiger partial charge in [0.15, 0.2) is 0 Å². The van der Waals surface area contributed by atoms with Crippen LogP contribution in [0.5, 0.6) is 17.2 Å². The number of piperidine rings is 1. The first-order chi connectivity index (χ1) is 22.4. The van der Waals surface area contributed by atoms with Crippen molar-refractivity contribution < 1.29 is 24.4 Å². The Hall–Kier alpha value is -3.84. The molecule has 4 aromatic rings. The van der Waals surface area contributed by atoms with Gasteiger partial charge in [0.1, 0.15) is 36.0 Å². The molecule has 1 aliphatic carbocycles. The Balaban J connectivity index is 1.29. The van der Waals surface area contributed by atoms with E-state index in [9.17, 15) is 15.5 Å². The number of hydrogen-bond donors (Lipinski definition) is 2. The molecule has 0 radical (unpaired) electrons. The second-order valence-corrected chi connectivity index (χ2v) is 12.5. The first kappa shape index (κ1) is 32.1. The van der Waals surface area contributed by atoms with Gasteiger partial charge in [0.05, 0.1) is 28.8 Å². The van der Waals surface area contributed by atoms with Gasteiger partial charge in [0.25, 0.3) is 0 Å². The summed E-state index contributed by atoms with van der Waals surface area (Å²) in [7, 11) is 1.61. The monoisotopic (exact) mass is 659 g/mol. The highest BCUT2D eigenvalue weighted by Crippen LogP contribution is 2.45. The van der Waals surface area contributed by atoms with Gasteiger partial charge >= 0.3 is 0 Å². The van der Waals surface area contributed by atoms with E-state index in [2.05, 4.69) is 28.1 Å². The van der Waals surface area contributed by atoms with Gasteiger partial charge in [-0.15, -0.1) is 0 Å². The lowest BCUT2D eigenvalue weighted by atomic mass is 9.95. The molecule has 46 heavy (non-hydrogen) atoms. The average Bonchev–Trinajstić information content (AvgIpc) is 3.49. The van der Waals surface area contributed by atoms with Crippen molar-refractivity contribution >= 4 is 23.2 Å². The molecule has 8 nitrogen and oxygen atoms in total. The number of ether oxygens (including phenoxy) is 3. The van der Waals surface area contributed by atoms with Crippen molar-refractivity contribution in [1.82, 2.24) is 9.88 Å². The van der Waals surface area contributed by atoms with Crippen LogP contribution in [-0.4, -0.2) is 53.0 Å². The molecule has 2 N–H and O–H groups in total. The lowest BCUT2D eigenvalue weighted by molar-refractivity contribution is -0.00222. The van der Waals surface area contributed by atoms with Crippen molar-refractivity contribution in [2.24, 2.45) is 5.92 Å². The molecule has 0 amide bonds. The van der Waals surface area contributed by atoms with E-state index in [4.69, 9.17) is 37.4 Å². The lowest BCUT2D eigenvalue weighted by Gasteiger charge is -2.35. The summed E-state index contributed by atoms with van der Waals surface area (Å²) in [5.41, 5.74) is 6.31. The number of fused-ring (bicyclic) bond motifs is 1. The van der Waals surface area contributed by atoms with E-state index in [1.165, 1.54) is 11.8 Å². The van der Waals surface area contributed by atoms with Crippen LogP contribution in [0.4, 0.5) is 0 Å². The second kappa shape index (κ2) is 14.3. The molecule has 6 rings (SSSR count). The highest BCUT2D eigenvalue weighted by molar-refractivity contribution is 6.35. The number of aromatic nitrogens is 1. The minimum absolute atomic E-state index is 0.0780. The number of aliphatic hydroxyl groups is 2. The Morgan fingerprint density at radius 2 is 1.85 bits per heavy atom. The predicted octanol–water partition coefficient (Wildman–Crippen LogP) is 6.76. The molecule has 0 bridgehead atoms. The second-order valence-electron chi connectivity index (χ2n) is 11.7. The number of pyridine rings is 1. The van der Waals surface area contributed by atoms with Crippen LogP contribution in [0.3, 0.4) is 0 Å². The minimum Gasteiger partial charge on any atom is -0.495 e. The summed E-state index contributed by atoms with van der Waals surface area (Å²) in [6, 6.07) is 19.5. The predicted molar refractivity (Wildman–Crippen MR) is 176 cm³/mol. The number of nitrogens with zero attached hydrogens (tertiary/aromatic N) is 3. The maximum Gasteiger partial charge on any atom is 0.142 e. The Labute approximate surface area is 278 Å². The average molecular weight is 661 g/mol. The molecule has 0 spiro atoms. The first-order valence-corrected chi connectivity index (χ1v) is 16.1. The van der Waals surface area contributed by atoms with Crippen LogP contribution in [0.25, 0.3) is 11.1 Å². The van der Waals surface area contributed by atoms with Crippen LogP contribution < -0.4 is 14.2 Å². The number of halogens is 2. The summed E-state index contributed by atoms with van der Waals surface area (Å²) in [6.45, 7) is 1.88. The van der Waals surface area contributed by atoms with Crippen molar-refractivity contribution in [3.05, 3.63) is 105 Å². The fourth-order valence-electron chi connectivity index (χ4n) is 6.39. The van der Waals surface area contributed by atoms with Gasteiger partial charge < -0.3 is 24.4 Å². The summed E-state index contributed by atoms with van der Waals surface area (Å²) in [5, 5.41) is 30.4. The minimum atomic E-state index is -0.522. The van der Waals surface area contributed by atoms with Crippen molar-refractivity contribution in [1.29, 1.82) is 5.26 Å². The number of rotatable bonds is 10.